The molecule has 4 nitrogen and oxygen atoms in total. The molecule has 23 heavy (non-hydrogen) atoms. The summed E-state index contributed by atoms with van der Waals surface area (Å²) in [5.74, 6) is 0.343. The molecule has 0 fully saturated rings. The first-order chi connectivity index (χ1) is 10.9. The van der Waals surface area contributed by atoms with E-state index in [9.17, 15) is 4.79 Å². The van der Waals surface area contributed by atoms with Crippen molar-refractivity contribution in [3.8, 4) is 5.75 Å². The summed E-state index contributed by atoms with van der Waals surface area (Å²) in [6, 6.07) is 10.2. The van der Waals surface area contributed by atoms with Crippen LogP contribution >= 0.6 is 23.2 Å². The monoisotopic (exact) mass is 352 g/mol. The van der Waals surface area contributed by atoms with Gasteiger partial charge < -0.3 is 15.4 Å². The SMILES string of the molecule is COc1ccc(Cl)cc1NC(=O)[C@H](C)Nc1ccc(C)c(Cl)c1. The highest BCUT2D eigenvalue weighted by atomic mass is 35.5. The van der Waals surface area contributed by atoms with Crippen LogP contribution in [0.3, 0.4) is 0 Å². The van der Waals surface area contributed by atoms with Crippen molar-refractivity contribution in [3.05, 3.63) is 52.0 Å². The molecule has 0 spiro atoms. The van der Waals surface area contributed by atoms with Crippen molar-refractivity contribution in [2.45, 2.75) is 19.9 Å². The van der Waals surface area contributed by atoms with Gasteiger partial charge in [0.15, 0.2) is 0 Å². The fourth-order valence-electron chi connectivity index (χ4n) is 2.02. The molecule has 2 N–H and O–H groups in total. The Hall–Kier alpha value is -1.91. The van der Waals surface area contributed by atoms with Crippen LogP contribution in [0.1, 0.15) is 12.5 Å². The van der Waals surface area contributed by atoms with Gasteiger partial charge in [-0.3, -0.25) is 4.79 Å². The third kappa shape index (κ3) is 4.53. The Morgan fingerprint density at radius 3 is 2.57 bits per heavy atom. The quantitative estimate of drug-likeness (QED) is 0.816. The minimum Gasteiger partial charge on any atom is -0.495 e. The average molecular weight is 353 g/mol. The standard InChI is InChI=1S/C17H18Cl2N2O2/c1-10-4-6-13(9-14(10)19)20-11(2)17(22)21-15-8-12(18)5-7-16(15)23-3/h4-9,11,20H,1-3H3,(H,21,22)/t11-/m0/s1. The van der Waals surface area contributed by atoms with E-state index in [0.29, 0.717) is 21.5 Å². The number of hydrogen-bond donors (Lipinski definition) is 2. The fraction of sp³-hybridized carbons (Fsp3) is 0.235. The van der Waals surface area contributed by atoms with E-state index in [1.54, 1.807) is 31.2 Å². The summed E-state index contributed by atoms with van der Waals surface area (Å²) in [6.07, 6.45) is 0. The molecule has 0 unspecified atom stereocenters. The number of benzene rings is 2. The van der Waals surface area contributed by atoms with E-state index in [1.807, 2.05) is 19.1 Å². The molecule has 0 radical (unpaired) electrons. The van der Waals surface area contributed by atoms with Crippen molar-refractivity contribution in [3.63, 3.8) is 0 Å². The number of ether oxygens (including phenoxy) is 1. The number of hydrogen-bond acceptors (Lipinski definition) is 3. The van der Waals surface area contributed by atoms with Gasteiger partial charge in [-0.05, 0) is 49.7 Å². The number of carbonyl (C=O) groups is 1. The van der Waals surface area contributed by atoms with Crippen LogP contribution in [0.25, 0.3) is 0 Å². The number of aryl methyl sites for hydroxylation is 1. The molecule has 1 amide bonds. The van der Waals surface area contributed by atoms with Crippen molar-refractivity contribution in [1.29, 1.82) is 0 Å². The van der Waals surface area contributed by atoms with Crippen LogP contribution in [0.5, 0.6) is 5.75 Å². The molecular formula is C17H18Cl2N2O2. The van der Waals surface area contributed by atoms with Gasteiger partial charge in [0, 0.05) is 15.7 Å². The Balaban J connectivity index is 2.08. The lowest BCUT2D eigenvalue weighted by atomic mass is 10.2. The second-order valence-corrected chi connectivity index (χ2v) is 6.01. The third-order valence-electron chi connectivity index (χ3n) is 3.37. The summed E-state index contributed by atoms with van der Waals surface area (Å²) < 4.78 is 5.22. The maximum atomic E-state index is 12.3. The van der Waals surface area contributed by atoms with Crippen LogP contribution in [0.2, 0.25) is 10.0 Å². The summed E-state index contributed by atoms with van der Waals surface area (Å²) in [4.78, 5) is 12.3. The second kappa shape index (κ2) is 7.57. The Morgan fingerprint density at radius 2 is 1.91 bits per heavy atom. The van der Waals surface area contributed by atoms with Gasteiger partial charge in [-0.2, -0.15) is 0 Å². The van der Waals surface area contributed by atoms with Crippen molar-refractivity contribution >= 4 is 40.5 Å². The van der Waals surface area contributed by atoms with Crippen molar-refractivity contribution in [2.75, 3.05) is 17.7 Å². The van der Waals surface area contributed by atoms with E-state index < -0.39 is 6.04 Å². The molecule has 0 aromatic heterocycles. The molecule has 0 bridgehead atoms. The first kappa shape index (κ1) is 17.4. The number of nitrogens with one attached hydrogen (secondary N) is 2. The topological polar surface area (TPSA) is 50.4 Å². The number of rotatable bonds is 5. The van der Waals surface area contributed by atoms with Crippen LogP contribution in [0.4, 0.5) is 11.4 Å². The molecule has 0 aliphatic rings. The van der Waals surface area contributed by atoms with Crippen molar-refractivity contribution < 1.29 is 9.53 Å². The molecule has 0 saturated carbocycles. The largest absolute Gasteiger partial charge is 0.495 e. The Labute approximate surface area is 145 Å². The van der Waals surface area contributed by atoms with Gasteiger partial charge in [0.1, 0.15) is 11.8 Å². The minimum atomic E-state index is -0.461. The van der Waals surface area contributed by atoms with Gasteiger partial charge in [-0.1, -0.05) is 29.3 Å². The third-order valence-corrected chi connectivity index (χ3v) is 4.01. The molecular weight excluding hydrogens is 335 g/mol. The Morgan fingerprint density at radius 1 is 1.17 bits per heavy atom. The molecule has 0 heterocycles. The molecule has 1 atom stereocenters. The molecule has 0 aliphatic heterocycles. The molecule has 2 aromatic carbocycles. The maximum absolute atomic E-state index is 12.3. The van der Waals surface area contributed by atoms with E-state index >= 15 is 0 Å². The van der Waals surface area contributed by atoms with E-state index in [0.717, 1.165) is 11.3 Å². The van der Waals surface area contributed by atoms with Gasteiger partial charge in [-0.15, -0.1) is 0 Å². The van der Waals surface area contributed by atoms with Crippen LogP contribution in [-0.4, -0.2) is 19.1 Å². The van der Waals surface area contributed by atoms with E-state index in [4.69, 9.17) is 27.9 Å². The summed E-state index contributed by atoms with van der Waals surface area (Å²) in [5, 5.41) is 7.09. The van der Waals surface area contributed by atoms with E-state index in [2.05, 4.69) is 10.6 Å². The van der Waals surface area contributed by atoms with Gasteiger partial charge in [0.25, 0.3) is 0 Å². The van der Waals surface area contributed by atoms with Gasteiger partial charge in [0.2, 0.25) is 5.91 Å². The van der Waals surface area contributed by atoms with Crippen molar-refractivity contribution in [2.24, 2.45) is 0 Å². The number of methoxy groups -OCH3 is 1. The summed E-state index contributed by atoms with van der Waals surface area (Å²) in [7, 11) is 1.54. The lowest BCUT2D eigenvalue weighted by molar-refractivity contribution is -0.116. The first-order valence-corrected chi connectivity index (χ1v) is 7.83. The van der Waals surface area contributed by atoms with Crippen LogP contribution in [0, 0.1) is 6.92 Å². The van der Waals surface area contributed by atoms with Crippen LogP contribution in [0.15, 0.2) is 36.4 Å². The number of anilines is 2. The minimum absolute atomic E-state index is 0.206. The van der Waals surface area contributed by atoms with Crippen LogP contribution < -0.4 is 15.4 Å². The number of amides is 1. The Kier molecular flexibility index (Phi) is 5.74. The molecule has 6 heteroatoms. The molecule has 122 valence electrons. The zero-order valence-electron chi connectivity index (χ0n) is 13.1. The fourth-order valence-corrected chi connectivity index (χ4v) is 2.37. The Bertz CT molecular complexity index is 720. The maximum Gasteiger partial charge on any atom is 0.246 e. The molecule has 2 rings (SSSR count). The lowest BCUT2D eigenvalue weighted by Gasteiger charge is -2.17. The lowest BCUT2D eigenvalue weighted by Crippen LogP contribution is -2.32. The predicted octanol–water partition coefficient (Wildman–Crippen LogP) is 4.75. The van der Waals surface area contributed by atoms with E-state index in [1.165, 1.54) is 7.11 Å². The number of halogens is 2. The molecule has 0 saturated heterocycles. The highest BCUT2D eigenvalue weighted by Crippen LogP contribution is 2.28. The van der Waals surface area contributed by atoms with Crippen molar-refractivity contribution in [1.82, 2.24) is 0 Å². The highest BCUT2D eigenvalue weighted by molar-refractivity contribution is 6.31. The predicted molar refractivity (Wildman–Crippen MR) is 95.9 cm³/mol. The zero-order chi connectivity index (χ0) is 17.0. The molecule has 2 aromatic rings. The summed E-state index contributed by atoms with van der Waals surface area (Å²) in [6.45, 7) is 3.69. The van der Waals surface area contributed by atoms with E-state index in [-0.39, 0.29) is 5.91 Å². The van der Waals surface area contributed by atoms with Crippen LogP contribution in [-0.2, 0) is 4.79 Å². The summed E-state index contributed by atoms with van der Waals surface area (Å²) in [5.41, 5.74) is 2.29. The average Bonchev–Trinajstić information content (AvgIpc) is 2.51. The normalized spacial score (nSPS) is 11.7. The molecule has 0 aliphatic carbocycles. The first-order valence-electron chi connectivity index (χ1n) is 7.08. The summed E-state index contributed by atoms with van der Waals surface area (Å²) >= 11 is 12.1. The highest BCUT2D eigenvalue weighted by Gasteiger charge is 2.15. The second-order valence-electron chi connectivity index (χ2n) is 5.16. The van der Waals surface area contributed by atoms with Gasteiger partial charge in [0.05, 0.1) is 12.8 Å². The zero-order valence-corrected chi connectivity index (χ0v) is 14.6. The number of carbonyl (C=O) groups excluding carboxylic acids is 1. The smallest absolute Gasteiger partial charge is 0.246 e. The van der Waals surface area contributed by atoms with Gasteiger partial charge >= 0.3 is 0 Å². The van der Waals surface area contributed by atoms with Gasteiger partial charge in [-0.25, -0.2) is 0 Å².